The number of rotatable bonds is 1. The van der Waals surface area contributed by atoms with Gasteiger partial charge in [-0.3, -0.25) is 4.79 Å². The maximum atomic E-state index is 13.0. The summed E-state index contributed by atoms with van der Waals surface area (Å²) >= 11 is 0. The number of benzene rings is 1. The fourth-order valence-corrected chi connectivity index (χ4v) is 1.09. The van der Waals surface area contributed by atoms with Crippen LogP contribution in [0, 0.1) is 23.3 Å². The molecule has 0 bridgehead atoms. The molecule has 1 aromatic rings. The first kappa shape index (κ1) is 14.3. The predicted octanol–water partition coefficient (Wildman–Crippen LogP) is 3.19. The normalized spacial score (nSPS) is 11.6. The van der Waals surface area contributed by atoms with E-state index in [-0.39, 0.29) is 0 Å². The zero-order valence-corrected chi connectivity index (χ0v) is 8.46. The second-order valence-electron chi connectivity index (χ2n) is 3.05. The molecular formula is C9H3F7O2. The molecule has 0 fully saturated rings. The summed E-state index contributed by atoms with van der Waals surface area (Å²) in [6, 6.07) is 0. The van der Waals surface area contributed by atoms with Gasteiger partial charge in [0.05, 0.1) is 0 Å². The molecule has 9 heteroatoms. The van der Waals surface area contributed by atoms with Gasteiger partial charge >= 0.3 is 12.1 Å². The third-order valence-corrected chi connectivity index (χ3v) is 1.75. The number of ether oxygens (including phenoxy) is 1. The molecule has 0 N–H and O–H groups in total. The van der Waals surface area contributed by atoms with Crippen LogP contribution in [-0.4, -0.2) is 5.97 Å². The van der Waals surface area contributed by atoms with Crippen molar-refractivity contribution in [1.82, 2.24) is 0 Å². The summed E-state index contributed by atoms with van der Waals surface area (Å²) < 4.78 is 92.2. The minimum atomic E-state index is -5.63. The summed E-state index contributed by atoms with van der Waals surface area (Å²) in [7, 11) is 0. The number of carbonyl (C=O) groups excluding carboxylic acids is 1. The Hall–Kier alpha value is -1.80. The molecule has 1 aromatic carbocycles. The highest BCUT2D eigenvalue weighted by atomic mass is 19.4. The van der Waals surface area contributed by atoms with Crippen molar-refractivity contribution in [2.75, 3.05) is 0 Å². The Kier molecular flexibility index (Phi) is 3.54. The fraction of sp³-hybridized carbons (Fsp3) is 0.222. The lowest BCUT2D eigenvalue weighted by Gasteiger charge is -2.13. The summed E-state index contributed by atoms with van der Waals surface area (Å²) in [6.07, 6.45) is -5.63. The van der Waals surface area contributed by atoms with E-state index in [9.17, 15) is 35.5 Å². The third-order valence-electron chi connectivity index (χ3n) is 1.75. The van der Waals surface area contributed by atoms with Crippen molar-refractivity contribution in [3.8, 4) is 5.75 Å². The van der Waals surface area contributed by atoms with Gasteiger partial charge in [0.1, 0.15) is 5.56 Å². The molecule has 0 saturated heterocycles. The van der Waals surface area contributed by atoms with Crippen LogP contribution >= 0.6 is 0 Å². The van der Waals surface area contributed by atoms with E-state index >= 15 is 0 Å². The molecule has 0 aliphatic rings. The van der Waals surface area contributed by atoms with Crippen LogP contribution in [0.15, 0.2) is 0 Å². The molecule has 0 heterocycles. The van der Waals surface area contributed by atoms with E-state index in [0.717, 1.165) is 0 Å². The Morgan fingerprint density at radius 3 is 1.61 bits per heavy atom. The van der Waals surface area contributed by atoms with Gasteiger partial charge in [-0.1, -0.05) is 0 Å². The maximum Gasteiger partial charge on any atom is 0.422 e. The Bertz CT molecular complexity index is 478. The Labute approximate surface area is 95.0 Å². The number of alkyl halides is 3. The molecule has 0 aromatic heterocycles. The molecule has 0 aliphatic heterocycles. The SMILES string of the molecule is CC(=O)Oc1c(F)c(F)c(C(F)(F)F)c(F)c1F. The first-order valence-electron chi connectivity index (χ1n) is 4.19. The van der Waals surface area contributed by atoms with Crippen molar-refractivity contribution in [2.24, 2.45) is 0 Å². The first-order chi connectivity index (χ1) is 8.07. The highest BCUT2D eigenvalue weighted by Crippen LogP contribution is 2.39. The van der Waals surface area contributed by atoms with E-state index in [4.69, 9.17) is 0 Å². The van der Waals surface area contributed by atoms with Gasteiger partial charge in [-0.25, -0.2) is 8.78 Å². The lowest BCUT2D eigenvalue weighted by Crippen LogP contribution is -2.17. The van der Waals surface area contributed by atoms with Crippen LogP contribution in [0.25, 0.3) is 0 Å². The lowest BCUT2D eigenvalue weighted by molar-refractivity contribution is -0.143. The molecule has 0 amide bonds. The van der Waals surface area contributed by atoms with Gasteiger partial charge in [0.25, 0.3) is 0 Å². The van der Waals surface area contributed by atoms with E-state index < -0.39 is 46.7 Å². The zero-order valence-electron chi connectivity index (χ0n) is 8.46. The average Bonchev–Trinajstić information content (AvgIpc) is 2.19. The van der Waals surface area contributed by atoms with Crippen molar-refractivity contribution in [3.05, 3.63) is 28.8 Å². The molecule has 1 rings (SSSR count). The summed E-state index contributed by atoms with van der Waals surface area (Å²) in [4.78, 5) is 10.4. The van der Waals surface area contributed by atoms with Crippen LogP contribution in [0.3, 0.4) is 0 Å². The van der Waals surface area contributed by atoms with Gasteiger partial charge < -0.3 is 4.74 Å². The van der Waals surface area contributed by atoms with Crippen molar-refractivity contribution >= 4 is 5.97 Å². The van der Waals surface area contributed by atoms with Crippen LogP contribution in [0.5, 0.6) is 5.75 Å². The van der Waals surface area contributed by atoms with Gasteiger partial charge in [-0.05, 0) is 0 Å². The summed E-state index contributed by atoms with van der Waals surface area (Å²) in [5, 5.41) is 0. The molecule has 18 heavy (non-hydrogen) atoms. The highest BCUT2D eigenvalue weighted by molar-refractivity contribution is 5.69. The minimum absolute atomic E-state index is 0.645. The van der Waals surface area contributed by atoms with Crippen molar-refractivity contribution in [2.45, 2.75) is 13.1 Å². The number of halogens is 7. The van der Waals surface area contributed by atoms with E-state index in [1.54, 1.807) is 0 Å². The average molecular weight is 276 g/mol. The largest absolute Gasteiger partial charge is 0.422 e. The zero-order chi connectivity index (χ0) is 14.2. The lowest BCUT2D eigenvalue weighted by atomic mass is 10.1. The van der Waals surface area contributed by atoms with Gasteiger partial charge in [0, 0.05) is 6.92 Å². The first-order valence-corrected chi connectivity index (χ1v) is 4.19. The van der Waals surface area contributed by atoms with Crippen LogP contribution < -0.4 is 4.74 Å². The molecule has 0 unspecified atom stereocenters. The van der Waals surface area contributed by atoms with Crippen molar-refractivity contribution in [1.29, 1.82) is 0 Å². The van der Waals surface area contributed by atoms with Gasteiger partial charge in [-0.15, -0.1) is 0 Å². The summed E-state index contributed by atoms with van der Waals surface area (Å²) in [5.74, 6) is -13.4. The molecule has 0 spiro atoms. The maximum absolute atomic E-state index is 13.0. The standard InChI is InChI=1S/C9H3F7O2/c1-2(17)18-8-6(12)4(10)3(9(14,15)16)5(11)7(8)13/h1H3. The van der Waals surface area contributed by atoms with Crippen molar-refractivity contribution in [3.63, 3.8) is 0 Å². The van der Waals surface area contributed by atoms with E-state index in [1.165, 1.54) is 0 Å². The Morgan fingerprint density at radius 2 is 1.33 bits per heavy atom. The number of esters is 1. The Balaban J connectivity index is 3.61. The number of hydrogen-bond acceptors (Lipinski definition) is 2. The van der Waals surface area contributed by atoms with Gasteiger partial charge in [-0.2, -0.15) is 22.0 Å². The van der Waals surface area contributed by atoms with Crippen molar-refractivity contribution < 1.29 is 40.3 Å². The quantitative estimate of drug-likeness (QED) is 0.341. The minimum Gasteiger partial charge on any atom is -0.420 e. The topological polar surface area (TPSA) is 26.3 Å². The predicted molar refractivity (Wildman–Crippen MR) is 42.6 cm³/mol. The monoisotopic (exact) mass is 276 g/mol. The smallest absolute Gasteiger partial charge is 0.420 e. The molecule has 100 valence electrons. The molecule has 0 atom stereocenters. The van der Waals surface area contributed by atoms with Gasteiger partial charge in [0.2, 0.25) is 17.4 Å². The fourth-order valence-electron chi connectivity index (χ4n) is 1.09. The van der Waals surface area contributed by atoms with Gasteiger partial charge in [0.15, 0.2) is 11.6 Å². The van der Waals surface area contributed by atoms with Crippen LogP contribution in [0.4, 0.5) is 30.7 Å². The second-order valence-corrected chi connectivity index (χ2v) is 3.05. The van der Waals surface area contributed by atoms with E-state index in [2.05, 4.69) is 4.74 Å². The summed E-state index contributed by atoms with van der Waals surface area (Å²) in [6.45, 7) is 0.645. The van der Waals surface area contributed by atoms with Crippen LogP contribution in [0.1, 0.15) is 12.5 Å². The van der Waals surface area contributed by atoms with Crippen LogP contribution in [-0.2, 0) is 11.0 Å². The van der Waals surface area contributed by atoms with E-state index in [0.29, 0.717) is 6.92 Å². The van der Waals surface area contributed by atoms with Crippen LogP contribution in [0.2, 0.25) is 0 Å². The number of hydrogen-bond donors (Lipinski definition) is 0. The highest BCUT2D eigenvalue weighted by Gasteiger charge is 2.43. The van der Waals surface area contributed by atoms with E-state index in [1.807, 2.05) is 0 Å². The summed E-state index contributed by atoms with van der Waals surface area (Å²) in [5.41, 5.74) is -2.73. The molecule has 2 nitrogen and oxygen atoms in total. The molecule has 0 saturated carbocycles. The molecule has 0 radical (unpaired) electrons. The second kappa shape index (κ2) is 4.46. The number of carbonyl (C=O) groups is 1. The molecular weight excluding hydrogens is 273 g/mol. The third kappa shape index (κ3) is 2.39. The Morgan fingerprint density at radius 1 is 0.944 bits per heavy atom. The molecule has 0 aliphatic carbocycles.